The Balaban J connectivity index is 2.71. The first-order valence-electron chi connectivity index (χ1n) is 4.68. The Hall–Kier alpha value is -1.13. The largest absolute Gasteiger partial charge is 0.322 e. The Morgan fingerprint density at radius 1 is 1.60 bits per heavy atom. The maximum Gasteiger partial charge on any atom is 0.241 e. The fourth-order valence-corrected chi connectivity index (χ4v) is 1.14. The number of amides is 1. The second-order valence-electron chi connectivity index (χ2n) is 3.61. The van der Waals surface area contributed by atoms with Crippen LogP contribution < -0.4 is 11.1 Å². The van der Waals surface area contributed by atoms with Gasteiger partial charge < -0.3 is 11.1 Å². The zero-order chi connectivity index (χ0) is 11.4. The predicted octanol–water partition coefficient (Wildman–Crippen LogP) is 1.66. The van der Waals surface area contributed by atoms with Crippen LogP contribution in [0.4, 0.5) is 5.69 Å². The van der Waals surface area contributed by atoms with E-state index in [-0.39, 0.29) is 11.8 Å². The molecule has 0 radical (unpaired) electrons. The summed E-state index contributed by atoms with van der Waals surface area (Å²) >= 11 is 5.86. The number of rotatable bonds is 3. The van der Waals surface area contributed by atoms with Crippen LogP contribution in [0.25, 0.3) is 0 Å². The average Bonchev–Trinajstić information content (AvgIpc) is 2.20. The summed E-state index contributed by atoms with van der Waals surface area (Å²) in [6.45, 7) is 3.77. The zero-order valence-electron chi connectivity index (χ0n) is 8.70. The van der Waals surface area contributed by atoms with Gasteiger partial charge in [-0.25, -0.2) is 0 Å². The van der Waals surface area contributed by atoms with Crippen molar-refractivity contribution >= 4 is 23.2 Å². The third-order valence-electron chi connectivity index (χ3n) is 2.05. The standard InChI is InChI=1S/C10H14ClN3O/c1-6(2)9(12)10(15)14-8-5-13-4-3-7(8)11/h3-6,9H,12H2,1-2H3,(H,14,15)/t9-/m0/s1. The van der Waals surface area contributed by atoms with Crippen molar-refractivity contribution in [3.8, 4) is 0 Å². The molecule has 1 aromatic rings. The van der Waals surface area contributed by atoms with E-state index in [0.717, 1.165) is 0 Å². The lowest BCUT2D eigenvalue weighted by atomic mass is 10.1. The molecule has 1 atom stereocenters. The number of halogens is 1. The first-order valence-corrected chi connectivity index (χ1v) is 5.06. The van der Waals surface area contributed by atoms with E-state index in [0.29, 0.717) is 10.7 Å². The van der Waals surface area contributed by atoms with Crippen molar-refractivity contribution in [1.29, 1.82) is 0 Å². The van der Waals surface area contributed by atoms with Gasteiger partial charge in [0.1, 0.15) is 0 Å². The van der Waals surface area contributed by atoms with E-state index in [1.54, 1.807) is 12.3 Å². The van der Waals surface area contributed by atoms with Crippen LogP contribution in [0.15, 0.2) is 18.5 Å². The minimum atomic E-state index is -0.540. The van der Waals surface area contributed by atoms with Crippen molar-refractivity contribution in [2.75, 3.05) is 5.32 Å². The molecule has 1 heterocycles. The monoisotopic (exact) mass is 227 g/mol. The van der Waals surface area contributed by atoms with Gasteiger partial charge >= 0.3 is 0 Å². The molecule has 3 N–H and O–H groups in total. The van der Waals surface area contributed by atoms with Crippen molar-refractivity contribution in [1.82, 2.24) is 4.98 Å². The molecule has 4 nitrogen and oxygen atoms in total. The van der Waals surface area contributed by atoms with Gasteiger partial charge in [-0.2, -0.15) is 0 Å². The molecule has 15 heavy (non-hydrogen) atoms. The van der Waals surface area contributed by atoms with Gasteiger partial charge in [-0.3, -0.25) is 9.78 Å². The second-order valence-corrected chi connectivity index (χ2v) is 4.02. The van der Waals surface area contributed by atoms with E-state index in [1.165, 1.54) is 6.20 Å². The molecule has 0 aliphatic rings. The fraction of sp³-hybridized carbons (Fsp3) is 0.400. The highest BCUT2D eigenvalue weighted by Crippen LogP contribution is 2.19. The lowest BCUT2D eigenvalue weighted by Gasteiger charge is -2.15. The highest BCUT2D eigenvalue weighted by atomic mass is 35.5. The normalized spacial score (nSPS) is 12.6. The van der Waals surface area contributed by atoms with E-state index in [9.17, 15) is 4.79 Å². The van der Waals surface area contributed by atoms with Gasteiger partial charge in [0.25, 0.3) is 0 Å². The number of nitrogens with zero attached hydrogens (tertiary/aromatic N) is 1. The lowest BCUT2D eigenvalue weighted by Crippen LogP contribution is -2.39. The van der Waals surface area contributed by atoms with E-state index >= 15 is 0 Å². The number of pyridine rings is 1. The number of nitrogens with two attached hydrogens (primary N) is 1. The Labute approximate surface area is 93.8 Å². The summed E-state index contributed by atoms with van der Waals surface area (Å²) in [5.74, 6) is -0.166. The van der Waals surface area contributed by atoms with Crippen LogP contribution in [-0.2, 0) is 4.79 Å². The molecular formula is C10H14ClN3O. The molecule has 1 rings (SSSR count). The summed E-state index contributed by atoms with van der Waals surface area (Å²) in [5.41, 5.74) is 6.17. The summed E-state index contributed by atoms with van der Waals surface area (Å²) in [4.78, 5) is 15.4. The highest BCUT2D eigenvalue weighted by molar-refractivity contribution is 6.33. The molecule has 82 valence electrons. The van der Waals surface area contributed by atoms with Crippen molar-refractivity contribution < 1.29 is 4.79 Å². The number of hydrogen-bond acceptors (Lipinski definition) is 3. The second kappa shape index (κ2) is 5.09. The maximum atomic E-state index is 11.6. The van der Waals surface area contributed by atoms with E-state index in [1.807, 2.05) is 13.8 Å². The summed E-state index contributed by atoms with van der Waals surface area (Å²) in [6, 6.07) is 1.07. The third-order valence-corrected chi connectivity index (χ3v) is 2.38. The molecule has 0 aromatic carbocycles. The van der Waals surface area contributed by atoms with Crippen LogP contribution >= 0.6 is 11.6 Å². The molecule has 0 spiro atoms. The van der Waals surface area contributed by atoms with Gasteiger partial charge in [0.05, 0.1) is 22.9 Å². The molecule has 0 bridgehead atoms. The summed E-state index contributed by atoms with van der Waals surface area (Å²) in [5, 5.41) is 3.09. The first kappa shape index (κ1) is 11.9. The van der Waals surface area contributed by atoms with Gasteiger partial charge in [0.2, 0.25) is 5.91 Å². The minimum Gasteiger partial charge on any atom is -0.322 e. The van der Waals surface area contributed by atoms with Gasteiger partial charge in [-0.15, -0.1) is 0 Å². The minimum absolute atomic E-state index is 0.0837. The first-order chi connectivity index (χ1) is 7.02. The van der Waals surface area contributed by atoms with Crippen LogP contribution in [-0.4, -0.2) is 16.9 Å². The molecule has 0 aliphatic heterocycles. The molecule has 0 fully saturated rings. The van der Waals surface area contributed by atoms with E-state index < -0.39 is 6.04 Å². The molecule has 1 amide bonds. The average molecular weight is 228 g/mol. The maximum absolute atomic E-state index is 11.6. The Morgan fingerprint density at radius 3 is 2.80 bits per heavy atom. The van der Waals surface area contributed by atoms with Crippen LogP contribution in [0.2, 0.25) is 5.02 Å². The third kappa shape index (κ3) is 3.18. The summed E-state index contributed by atoms with van der Waals surface area (Å²) in [7, 11) is 0. The van der Waals surface area contributed by atoms with Crippen molar-refractivity contribution in [2.24, 2.45) is 11.7 Å². The predicted molar refractivity (Wildman–Crippen MR) is 60.7 cm³/mol. The summed E-state index contributed by atoms with van der Waals surface area (Å²) < 4.78 is 0. The quantitative estimate of drug-likeness (QED) is 0.825. The fourth-order valence-electron chi connectivity index (χ4n) is 0.988. The number of nitrogens with one attached hydrogen (secondary N) is 1. The van der Waals surface area contributed by atoms with Gasteiger partial charge in [0, 0.05) is 6.20 Å². The molecule has 1 aromatic heterocycles. The Bertz CT molecular complexity index is 354. The zero-order valence-corrected chi connectivity index (χ0v) is 9.45. The van der Waals surface area contributed by atoms with Gasteiger partial charge in [-0.1, -0.05) is 25.4 Å². The van der Waals surface area contributed by atoms with Crippen LogP contribution in [0, 0.1) is 5.92 Å². The van der Waals surface area contributed by atoms with Gasteiger partial charge in [0.15, 0.2) is 0 Å². The lowest BCUT2D eigenvalue weighted by molar-refractivity contribution is -0.118. The number of anilines is 1. The molecule has 0 saturated carbocycles. The SMILES string of the molecule is CC(C)[C@H](N)C(=O)Nc1cnccc1Cl. The molecule has 0 unspecified atom stereocenters. The molecule has 5 heteroatoms. The Morgan fingerprint density at radius 2 is 2.27 bits per heavy atom. The molecule has 0 saturated heterocycles. The number of carbonyl (C=O) groups excluding carboxylic acids is 1. The molecule has 0 aliphatic carbocycles. The number of carbonyl (C=O) groups is 1. The van der Waals surface area contributed by atoms with Crippen LogP contribution in [0.1, 0.15) is 13.8 Å². The summed E-state index contributed by atoms with van der Waals surface area (Å²) in [6.07, 6.45) is 3.05. The van der Waals surface area contributed by atoms with Crippen molar-refractivity contribution in [3.05, 3.63) is 23.5 Å². The van der Waals surface area contributed by atoms with Crippen LogP contribution in [0.5, 0.6) is 0 Å². The number of aromatic nitrogens is 1. The Kier molecular flexibility index (Phi) is 4.05. The number of hydrogen-bond donors (Lipinski definition) is 2. The van der Waals surface area contributed by atoms with Crippen molar-refractivity contribution in [2.45, 2.75) is 19.9 Å². The molecular weight excluding hydrogens is 214 g/mol. The smallest absolute Gasteiger partial charge is 0.241 e. The van der Waals surface area contributed by atoms with Crippen molar-refractivity contribution in [3.63, 3.8) is 0 Å². The topological polar surface area (TPSA) is 68.0 Å². The van der Waals surface area contributed by atoms with Gasteiger partial charge in [-0.05, 0) is 12.0 Å². The van der Waals surface area contributed by atoms with Crippen LogP contribution in [0.3, 0.4) is 0 Å². The van der Waals surface area contributed by atoms with E-state index in [2.05, 4.69) is 10.3 Å². The van der Waals surface area contributed by atoms with E-state index in [4.69, 9.17) is 17.3 Å². The highest BCUT2D eigenvalue weighted by Gasteiger charge is 2.17.